The molecule has 1 aromatic heterocycles. The van der Waals surface area contributed by atoms with Gasteiger partial charge in [0.1, 0.15) is 18.1 Å². The highest BCUT2D eigenvalue weighted by molar-refractivity contribution is 6.33. The molecule has 5 rings (SSSR count). The van der Waals surface area contributed by atoms with E-state index in [1.807, 2.05) is 30.3 Å². The minimum atomic E-state index is -0.234. The van der Waals surface area contributed by atoms with Gasteiger partial charge in [0.25, 0.3) is 0 Å². The molecule has 4 nitrogen and oxygen atoms in total. The quantitative estimate of drug-likeness (QED) is 0.570. The van der Waals surface area contributed by atoms with E-state index >= 15 is 0 Å². The molecule has 0 fully saturated rings. The normalized spacial score (nSPS) is 16.2. The summed E-state index contributed by atoms with van der Waals surface area (Å²) in [4.78, 5) is 14.6. The molecule has 0 atom stereocenters. The maximum Gasteiger partial charge on any atom is 0.339 e. The van der Waals surface area contributed by atoms with Crippen LogP contribution in [0.5, 0.6) is 5.75 Å². The summed E-state index contributed by atoms with van der Waals surface area (Å²) < 4.78 is 11.7. The van der Waals surface area contributed by atoms with Crippen LogP contribution in [0.4, 0.5) is 0 Å². The van der Waals surface area contributed by atoms with Crippen LogP contribution in [-0.2, 0) is 25.9 Å². The molecule has 27 heavy (non-hydrogen) atoms. The van der Waals surface area contributed by atoms with E-state index in [1.165, 1.54) is 0 Å². The minimum Gasteiger partial charge on any atom is -0.476 e. The zero-order valence-electron chi connectivity index (χ0n) is 14.6. The summed E-state index contributed by atoms with van der Waals surface area (Å²) in [5.74, 6) is 0.612. The Labute approximate surface area is 166 Å². The van der Waals surface area contributed by atoms with Crippen LogP contribution in [0, 0.1) is 0 Å². The van der Waals surface area contributed by atoms with E-state index in [9.17, 15) is 4.79 Å². The van der Waals surface area contributed by atoms with Gasteiger partial charge in [-0.15, -0.1) is 0 Å². The first-order chi connectivity index (χ1) is 13.1. The van der Waals surface area contributed by atoms with Crippen LogP contribution in [0.2, 0.25) is 10.0 Å². The number of fused-ring (bicyclic) bond motifs is 5. The van der Waals surface area contributed by atoms with Crippen LogP contribution in [0.15, 0.2) is 39.5 Å². The van der Waals surface area contributed by atoms with Gasteiger partial charge in [-0.2, -0.15) is 0 Å². The van der Waals surface area contributed by atoms with Gasteiger partial charge >= 0.3 is 5.63 Å². The fraction of sp³-hybridized carbons (Fsp3) is 0.286. The van der Waals surface area contributed by atoms with E-state index in [4.69, 9.17) is 32.4 Å². The summed E-state index contributed by atoms with van der Waals surface area (Å²) in [7, 11) is 0. The fourth-order valence-electron chi connectivity index (χ4n) is 4.12. The zero-order valence-corrected chi connectivity index (χ0v) is 16.1. The molecule has 1 aliphatic carbocycles. The predicted molar refractivity (Wildman–Crippen MR) is 106 cm³/mol. The Morgan fingerprint density at radius 1 is 1.04 bits per heavy atom. The highest BCUT2D eigenvalue weighted by atomic mass is 35.5. The summed E-state index contributed by atoms with van der Waals surface area (Å²) in [6, 6.07) is 9.64. The van der Waals surface area contributed by atoms with Gasteiger partial charge in [0, 0.05) is 29.1 Å². The Hall–Kier alpha value is -2.01. The number of hydrogen-bond donors (Lipinski definition) is 0. The summed E-state index contributed by atoms with van der Waals surface area (Å²) in [6.07, 6.45) is 2.64. The van der Waals surface area contributed by atoms with Crippen LogP contribution in [0.1, 0.15) is 28.7 Å². The summed E-state index contributed by atoms with van der Waals surface area (Å²) in [5, 5.41) is 2.23. The second-order valence-corrected chi connectivity index (χ2v) is 7.91. The van der Waals surface area contributed by atoms with Crippen molar-refractivity contribution in [3.05, 3.63) is 73.1 Å². The molecule has 0 unspecified atom stereocenters. The Morgan fingerprint density at radius 3 is 2.70 bits per heavy atom. The van der Waals surface area contributed by atoms with Crippen molar-refractivity contribution >= 4 is 34.2 Å². The van der Waals surface area contributed by atoms with Crippen molar-refractivity contribution in [2.45, 2.75) is 32.4 Å². The molecule has 1 aliphatic heterocycles. The molecular formula is C21H17Cl2NO3. The second kappa shape index (κ2) is 6.55. The number of halogens is 2. The number of nitrogens with zero attached hydrogens (tertiary/aromatic N) is 1. The minimum absolute atomic E-state index is 0.234. The molecule has 2 aliphatic rings. The third kappa shape index (κ3) is 2.83. The Balaban J connectivity index is 1.60. The van der Waals surface area contributed by atoms with Crippen LogP contribution in [0.25, 0.3) is 11.0 Å². The van der Waals surface area contributed by atoms with E-state index in [0.29, 0.717) is 36.2 Å². The van der Waals surface area contributed by atoms with E-state index in [2.05, 4.69) is 4.90 Å². The van der Waals surface area contributed by atoms with Crippen molar-refractivity contribution in [1.29, 1.82) is 0 Å². The first-order valence-corrected chi connectivity index (χ1v) is 9.76. The molecule has 0 saturated heterocycles. The van der Waals surface area contributed by atoms with Gasteiger partial charge < -0.3 is 9.15 Å². The van der Waals surface area contributed by atoms with Gasteiger partial charge in [0.05, 0.1) is 10.6 Å². The lowest BCUT2D eigenvalue weighted by Gasteiger charge is -2.30. The third-order valence-electron chi connectivity index (χ3n) is 5.39. The predicted octanol–water partition coefficient (Wildman–Crippen LogP) is 4.94. The van der Waals surface area contributed by atoms with E-state index in [0.717, 1.165) is 51.9 Å². The number of hydrogen-bond acceptors (Lipinski definition) is 4. The number of ether oxygens (including phenoxy) is 1. The van der Waals surface area contributed by atoms with Gasteiger partial charge in [-0.3, -0.25) is 4.90 Å². The lowest BCUT2D eigenvalue weighted by molar-refractivity contribution is 0.0891. The first kappa shape index (κ1) is 17.1. The maximum absolute atomic E-state index is 12.4. The molecule has 6 heteroatoms. The van der Waals surface area contributed by atoms with Crippen molar-refractivity contribution in [2.24, 2.45) is 0 Å². The van der Waals surface area contributed by atoms with Crippen molar-refractivity contribution < 1.29 is 9.15 Å². The monoisotopic (exact) mass is 401 g/mol. The molecule has 0 saturated carbocycles. The molecule has 0 N–H and O–H groups in total. The average Bonchev–Trinajstić information content (AvgIpc) is 3.16. The van der Waals surface area contributed by atoms with Crippen molar-refractivity contribution in [1.82, 2.24) is 4.90 Å². The Morgan fingerprint density at radius 2 is 1.85 bits per heavy atom. The van der Waals surface area contributed by atoms with Crippen LogP contribution in [0.3, 0.4) is 0 Å². The van der Waals surface area contributed by atoms with Crippen molar-refractivity contribution in [3.8, 4) is 5.75 Å². The molecule has 0 amide bonds. The largest absolute Gasteiger partial charge is 0.476 e. The molecule has 0 radical (unpaired) electrons. The summed E-state index contributed by atoms with van der Waals surface area (Å²) in [6.45, 7) is 1.63. The topological polar surface area (TPSA) is 42.7 Å². The fourth-order valence-corrected chi connectivity index (χ4v) is 4.60. The van der Waals surface area contributed by atoms with E-state index in [1.54, 1.807) is 0 Å². The van der Waals surface area contributed by atoms with Gasteiger partial charge in [-0.05, 0) is 42.5 Å². The number of rotatable bonds is 2. The maximum atomic E-state index is 12.4. The lowest BCUT2D eigenvalue weighted by Crippen LogP contribution is -2.32. The summed E-state index contributed by atoms with van der Waals surface area (Å²) in [5.41, 5.74) is 4.10. The number of benzene rings is 2. The van der Waals surface area contributed by atoms with Gasteiger partial charge in [0.2, 0.25) is 0 Å². The molecule has 2 heterocycles. The van der Waals surface area contributed by atoms with Gasteiger partial charge in [-0.25, -0.2) is 4.79 Å². The smallest absolute Gasteiger partial charge is 0.339 e. The van der Waals surface area contributed by atoms with Crippen molar-refractivity contribution in [3.63, 3.8) is 0 Å². The van der Waals surface area contributed by atoms with Gasteiger partial charge in [-0.1, -0.05) is 41.4 Å². The SMILES string of the molecule is O=c1oc2c3c(c(Cl)cc2c2c1CCC2)OCN(Cc1ccccc1Cl)C3. The first-order valence-electron chi connectivity index (χ1n) is 9.00. The lowest BCUT2D eigenvalue weighted by atomic mass is 10.0. The molecule has 0 spiro atoms. The average molecular weight is 402 g/mol. The van der Waals surface area contributed by atoms with Crippen LogP contribution in [-0.4, -0.2) is 11.6 Å². The van der Waals surface area contributed by atoms with Gasteiger partial charge in [0.15, 0.2) is 0 Å². The molecular weight excluding hydrogens is 385 g/mol. The highest BCUT2D eigenvalue weighted by Crippen LogP contribution is 2.41. The van der Waals surface area contributed by atoms with Crippen LogP contribution < -0.4 is 10.4 Å². The standard InChI is InChI=1S/C21H17Cl2NO3/c22-17-7-2-1-4-12(17)9-24-10-16-19-15(8-18(23)20(16)26-11-24)13-5-3-6-14(13)21(25)27-19/h1-2,4,7-8H,3,5-6,9-11H2. The van der Waals surface area contributed by atoms with E-state index < -0.39 is 0 Å². The number of aryl methyl sites for hydroxylation is 1. The zero-order chi connectivity index (χ0) is 18.5. The van der Waals surface area contributed by atoms with Crippen molar-refractivity contribution in [2.75, 3.05) is 6.73 Å². The molecule has 0 bridgehead atoms. The molecule has 138 valence electrons. The molecule has 3 aromatic rings. The highest BCUT2D eigenvalue weighted by Gasteiger charge is 2.28. The Kier molecular flexibility index (Phi) is 4.15. The summed E-state index contributed by atoms with van der Waals surface area (Å²) >= 11 is 12.8. The molecule has 2 aromatic carbocycles. The second-order valence-electron chi connectivity index (χ2n) is 7.09. The van der Waals surface area contributed by atoms with Crippen LogP contribution >= 0.6 is 23.2 Å². The Bertz CT molecular complexity index is 1120. The third-order valence-corrected chi connectivity index (χ3v) is 6.04. The van der Waals surface area contributed by atoms with E-state index in [-0.39, 0.29) is 5.63 Å².